The number of carbonyl (C=O) groups excluding carboxylic acids is 1. The number of anilines is 2. The first kappa shape index (κ1) is 12.5. The van der Waals surface area contributed by atoms with Gasteiger partial charge in [0.25, 0.3) is 11.6 Å². The van der Waals surface area contributed by atoms with Gasteiger partial charge in [0.15, 0.2) is 5.82 Å². The number of carbonyl (C=O) groups is 1. The van der Waals surface area contributed by atoms with Crippen molar-refractivity contribution in [2.45, 2.75) is 0 Å². The van der Waals surface area contributed by atoms with E-state index in [1.54, 1.807) is 0 Å². The summed E-state index contributed by atoms with van der Waals surface area (Å²) in [5.74, 6) is -1.88. The van der Waals surface area contributed by atoms with Crippen molar-refractivity contribution in [3.8, 4) is 0 Å². The fourth-order valence-corrected chi connectivity index (χ4v) is 1.43. The molecule has 0 saturated heterocycles. The van der Waals surface area contributed by atoms with Crippen LogP contribution >= 0.6 is 0 Å². The monoisotopic (exact) mass is 266 g/mol. The zero-order valence-electron chi connectivity index (χ0n) is 9.29. The van der Waals surface area contributed by atoms with Crippen LogP contribution in [0.1, 0.15) is 10.4 Å². The van der Waals surface area contributed by atoms with E-state index in [1.807, 2.05) is 0 Å². The Kier molecular flexibility index (Phi) is 3.10. The van der Waals surface area contributed by atoms with Crippen molar-refractivity contribution in [3.63, 3.8) is 0 Å². The van der Waals surface area contributed by atoms with E-state index >= 15 is 0 Å². The largest absolute Gasteiger partial charge is 0.392 e. The van der Waals surface area contributed by atoms with E-state index in [1.165, 1.54) is 12.3 Å². The van der Waals surface area contributed by atoms with Gasteiger partial charge in [0.2, 0.25) is 0 Å². The number of nitrogens with one attached hydrogen (secondary N) is 1. The molecular formula is C10H7FN4O4. The molecule has 0 aliphatic rings. The van der Waals surface area contributed by atoms with Gasteiger partial charge in [-0.3, -0.25) is 14.9 Å². The van der Waals surface area contributed by atoms with Gasteiger partial charge in [-0.15, -0.1) is 0 Å². The minimum atomic E-state index is -0.968. The maximum absolute atomic E-state index is 13.6. The van der Waals surface area contributed by atoms with Crippen LogP contribution in [0.4, 0.5) is 21.6 Å². The molecule has 0 aliphatic heterocycles. The summed E-state index contributed by atoms with van der Waals surface area (Å²) in [6, 6.07) is 3.01. The fraction of sp³-hybridized carbons (Fsp3) is 0. The Balaban J connectivity index is 2.41. The van der Waals surface area contributed by atoms with Crippen LogP contribution in [0, 0.1) is 15.9 Å². The average Bonchev–Trinajstić information content (AvgIpc) is 2.81. The van der Waals surface area contributed by atoms with E-state index in [2.05, 4.69) is 15.0 Å². The molecule has 1 aromatic carbocycles. The third-order valence-corrected chi connectivity index (χ3v) is 2.27. The maximum atomic E-state index is 13.6. The molecule has 0 atom stereocenters. The SMILES string of the molecule is Nc1c([N+](=O)[O-])ccc(F)c1C(=O)Nc1ccon1. The number of hydrogen-bond acceptors (Lipinski definition) is 6. The predicted octanol–water partition coefficient (Wildman–Crippen LogP) is 1.56. The van der Waals surface area contributed by atoms with Gasteiger partial charge >= 0.3 is 0 Å². The molecule has 3 N–H and O–H groups in total. The van der Waals surface area contributed by atoms with E-state index in [4.69, 9.17) is 5.73 Å². The zero-order chi connectivity index (χ0) is 14.0. The Morgan fingerprint density at radius 1 is 1.47 bits per heavy atom. The van der Waals surface area contributed by atoms with Gasteiger partial charge in [-0.25, -0.2) is 4.39 Å². The Labute approximate surface area is 105 Å². The number of hydrogen-bond donors (Lipinski definition) is 2. The standard InChI is InChI=1S/C10H7FN4O4/c11-5-1-2-6(15(17)18)9(12)8(5)10(16)13-7-3-4-19-14-7/h1-4H,12H2,(H,13,14,16). The van der Waals surface area contributed by atoms with Crippen LogP contribution in [-0.4, -0.2) is 16.0 Å². The third-order valence-electron chi connectivity index (χ3n) is 2.27. The van der Waals surface area contributed by atoms with Crippen molar-refractivity contribution in [2.24, 2.45) is 0 Å². The number of aromatic nitrogens is 1. The highest BCUT2D eigenvalue weighted by atomic mass is 19.1. The summed E-state index contributed by atoms with van der Waals surface area (Å²) in [6.45, 7) is 0. The van der Waals surface area contributed by atoms with Crippen molar-refractivity contribution < 1.29 is 18.6 Å². The molecule has 1 heterocycles. The first-order valence-electron chi connectivity index (χ1n) is 4.95. The molecule has 1 aromatic heterocycles. The van der Waals surface area contributed by atoms with Crippen molar-refractivity contribution in [3.05, 3.63) is 46.0 Å². The van der Waals surface area contributed by atoms with Crippen LogP contribution in [0.15, 0.2) is 29.0 Å². The number of amides is 1. The second-order valence-electron chi connectivity index (χ2n) is 3.45. The van der Waals surface area contributed by atoms with E-state index in [0.717, 1.165) is 12.1 Å². The fourth-order valence-electron chi connectivity index (χ4n) is 1.43. The van der Waals surface area contributed by atoms with Crippen molar-refractivity contribution >= 4 is 23.1 Å². The highest BCUT2D eigenvalue weighted by Gasteiger charge is 2.24. The predicted molar refractivity (Wildman–Crippen MR) is 61.9 cm³/mol. The maximum Gasteiger partial charge on any atom is 0.293 e. The van der Waals surface area contributed by atoms with Crippen molar-refractivity contribution in [2.75, 3.05) is 11.1 Å². The second kappa shape index (κ2) is 4.72. The minimum absolute atomic E-state index is 0.0373. The number of halogens is 1. The Morgan fingerprint density at radius 3 is 2.79 bits per heavy atom. The molecule has 9 heteroatoms. The van der Waals surface area contributed by atoms with E-state index in [9.17, 15) is 19.3 Å². The van der Waals surface area contributed by atoms with Crippen LogP contribution in [-0.2, 0) is 0 Å². The highest BCUT2D eigenvalue weighted by molar-refractivity contribution is 6.08. The number of nitrogens with zero attached hydrogens (tertiary/aromatic N) is 2. The van der Waals surface area contributed by atoms with Crippen LogP contribution in [0.25, 0.3) is 0 Å². The zero-order valence-corrected chi connectivity index (χ0v) is 9.29. The van der Waals surface area contributed by atoms with E-state index < -0.39 is 33.6 Å². The lowest BCUT2D eigenvalue weighted by Gasteiger charge is -2.06. The summed E-state index contributed by atoms with van der Waals surface area (Å²) in [7, 11) is 0. The van der Waals surface area contributed by atoms with Gasteiger partial charge < -0.3 is 15.6 Å². The lowest BCUT2D eigenvalue weighted by molar-refractivity contribution is -0.384. The van der Waals surface area contributed by atoms with Gasteiger partial charge in [0, 0.05) is 12.1 Å². The number of nitrogen functional groups attached to an aromatic ring is 1. The number of nitro groups is 1. The third kappa shape index (κ3) is 2.34. The molecule has 0 aliphatic carbocycles. The molecule has 8 nitrogen and oxygen atoms in total. The van der Waals surface area contributed by atoms with Gasteiger partial charge in [-0.2, -0.15) is 0 Å². The van der Waals surface area contributed by atoms with E-state index in [0.29, 0.717) is 0 Å². The lowest BCUT2D eigenvalue weighted by Crippen LogP contribution is -2.17. The molecule has 19 heavy (non-hydrogen) atoms. The molecule has 0 fully saturated rings. The van der Waals surface area contributed by atoms with E-state index in [-0.39, 0.29) is 5.82 Å². The average molecular weight is 266 g/mol. The number of benzene rings is 1. The van der Waals surface area contributed by atoms with Gasteiger partial charge in [0.05, 0.1) is 4.92 Å². The molecule has 2 aromatic rings. The number of rotatable bonds is 3. The van der Waals surface area contributed by atoms with Crippen LogP contribution in [0.2, 0.25) is 0 Å². The first-order valence-corrected chi connectivity index (χ1v) is 4.95. The summed E-state index contributed by atoms with van der Waals surface area (Å²) < 4.78 is 18.0. The smallest absolute Gasteiger partial charge is 0.293 e. The Bertz CT molecular complexity index is 641. The topological polar surface area (TPSA) is 124 Å². The van der Waals surface area contributed by atoms with Gasteiger partial charge in [-0.05, 0) is 6.07 Å². The van der Waals surface area contributed by atoms with Crippen molar-refractivity contribution in [1.82, 2.24) is 5.16 Å². The quantitative estimate of drug-likeness (QED) is 0.493. The van der Waals surface area contributed by atoms with Gasteiger partial charge in [0.1, 0.15) is 23.3 Å². The Morgan fingerprint density at radius 2 is 2.21 bits per heavy atom. The first-order chi connectivity index (χ1) is 9.00. The second-order valence-corrected chi connectivity index (χ2v) is 3.45. The summed E-state index contributed by atoms with van der Waals surface area (Å²) in [5.41, 5.74) is 3.72. The Hall–Kier alpha value is -2.97. The molecule has 0 unspecified atom stereocenters. The summed E-state index contributed by atoms with van der Waals surface area (Å²) in [5, 5.41) is 16.3. The van der Waals surface area contributed by atoms with Crippen LogP contribution < -0.4 is 11.1 Å². The molecule has 2 rings (SSSR count). The molecule has 0 bridgehead atoms. The summed E-state index contributed by atoms with van der Waals surface area (Å²) in [4.78, 5) is 21.7. The molecule has 0 spiro atoms. The summed E-state index contributed by atoms with van der Waals surface area (Å²) >= 11 is 0. The van der Waals surface area contributed by atoms with Gasteiger partial charge in [-0.1, -0.05) is 5.16 Å². The summed E-state index contributed by atoms with van der Waals surface area (Å²) in [6.07, 6.45) is 1.20. The molecule has 1 amide bonds. The van der Waals surface area contributed by atoms with Crippen molar-refractivity contribution in [1.29, 1.82) is 0 Å². The lowest BCUT2D eigenvalue weighted by atomic mass is 10.1. The number of nitrogens with two attached hydrogens (primary N) is 1. The molecule has 0 saturated carbocycles. The van der Waals surface area contributed by atoms with Crippen LogP contribution in [0.3, 0.4) is 0 Å². The highest BCUT2D eigenvalue weighted by Crippen LogP contribution is 2.27. The molecular weight excluding hydrogens is 259 g/mol. The van der Waals surface area contributed by atoms with Crippen LogP contribution in [0.5, 0.6) is 0 Å². The minimum Gasteiger partial charge on any atom is -0.392 e. The molecule has 98 valence electrons. The number of nitro benzene ring substituents is 1. The normalized spacial score (nSPS) is 10.2. The molecule has 0 radical (unpaired) electrons.